The van der Waals surface area contributed by atoms with E-state index in [4.69, 9.17) is 4.74 Å². The van der Waals surface area contributed by atoms with Crippen LogP contribution < -0.4 is 5.32 Å². The van der Waals surface area contributed by atoms with Gasteiger partial charge in [-0.15, -0.1) is 0 Å². The summed E-state index contributed by atoms with van der Waals surface area (Å²) in [5.41, 5.74) is 4.57. The van der Waals surface area contributed by atoms with Crippen molar-refractivity contribution in [3.63, 3.8) is 0 Å². The van der Waals surface area contributed by atoms with Gasteiger partial charge in [0.05, 0.1) is 0 Å². The Bertz CT molecular complexity index is 944. The third-order valence-electron chi connectivity index (χ3n) is 6.11. The first-order valence-electron chi connectivity index (χ1n) is 11.0. The highest BCUT2D eigenvalue weighted by Gasteiger charge is 2.30. The van der Waals surface area contributed by atoms with Crippen molar-refractivity contribution in [3.05, 3.63) is 59.7 Å². The van der Waals surface area contributed by atoms with Gasteiger partial charge >= 0.3 is 12.1 Å². The number of carbonyl (C=O) groups excluding carboxylic acids is 2. The summed E-state index contributed by atoms with van der Waals surface area (Å²) in [7, 11) is 1.48. The molecule has 0 saturated heterocycles. The lowest BCUT2D eigenvalue weighted by Crippen LogP contribution is -2.45. The van der Waals surface area contributed by atoms with Crippen LogP contribution in [0.15, 0.2) is 48.5 Å². The molecule has 2 atom stereocenters. The van der Waals surface area contributed by atoms with E-state index in [0.29, 0.717) is 12.8 Å². The van der Waals surface area contributed by atoms with E-state index in [1.54, 1.807) is 6.92 Å². The number of hydrogen-bond acceptors (Lipinski definition) is 4. The number of hydrogen-bond donors (Lipinski definition) is 2. The van der Waals surface area contributed by atoms with Gasteiger partial charge in [0.15, 0.2) is 0 Å². The Labute approximate surface area is 188 Å². The van der Waals surface area contributed by atoms with Gasteiger partial charge in [0.25, 0.3) is 0 Å². The molecule has 1 aliphatic carbocycles. The summed E-state index contributed by atoms with van der Waals surface area (Å²) in [6.07, 6.45) is 0.266. The number of carboxylic acid groups (broad SMARTS) is 1. The number of carbonyl (C=O) groups is 3. The molecule has 7 nitrogen and oxygen atoms in total. The van der Waals surface area contributed by atoms with Crippen molar-refractivity contribution in [2.45, 2.75) is 51.1 Å². The third-order valence-corrected chi connectivity index (χ3v) is 6.11. The Morgan fingerprint density at radius 3 is 2.06 bits per heavy atom. The molecule has 1 unspecified atom stereocenters. The maximum atomic E-state index is 12.5. The number of rotatable bonds is 9. The Kier molecular flexibility index (Phi) is 7.51. The van der Waals surface area contributed by atoms with E-state index in [1.165, 1.54) is 11.9 Å². The first kappa shape index (κ1) is 23.3. The highest BCUT2D eigenvalue weighted by molar-refractivity contribution is 5.84. The third kappa shape index (κ3) is 4.93. The molecule has 7 heteroatoms. The van der Waals surface area contributed by atoms with Crippen LogP contribution in [0.1, 0.15) is 50.2 Å². The molecule has 0 saturated carbocycles. The van der Waals surface area contributed by atoms with Crippen LogP contribution in [0.2, 0.25) is 0 Å². The number of benzene rings is 2. The van der Waals surface area contributed by atoms with Crippen LogP contribution in [-0.2, 0) is 14.3 Å². The van der Waals surface area contributed by atoms with Gasteiger partial charge in [-0.1, -0.05) is 62.4 Å². The highest BCUT2D eigenvalue weighted by atomic mass is 16.5. The van der Waals surface area contributed by atoms with Gasteiger partial charge in [-0.2, -0.15) is 0 Å². The van der Waals surface area contributed by atoms with Crippen molar-refractivity contribution in [2.75, 3.05) is 13.7 Å². The Morgan fingerprint density at radius 2 is 1.56 bits per heavy atom. The molecule has 0 aliphatic heterocycles. The van der Waals surface area contributed by atoms with Crippen LogP contribution in [0.4, 0.5) is 4.79 Å². The van der Waals surface area contributed by atoms with Crippen molar-refractivity contribution >= 4 is 18.0 Å². The molecule has 0 radical (unpaired) electrons. The molecule has 0 bridgehead atoms. The summed E-state index contributed by atoms with van der Waals surface area (Å²) in [5, 5.41) is 12.0. The highest BCUT2D eigenvalue weighted by Crippen LogP contribution is 2.44. The summed E-state index contributed by atoms with van der Waals surface area (Å²) in [4.78, 5) is 37.5. The summed E-state index contributed by atoms with van der Waals surface area (Å²) < 4.78 is 5.55. The van der Waals surface area contributed by atoms with E-state index in [2.05, 4.69) is 29.6 Å². The molecule has 32 heavy (non-hydrogen) atoms. The molecular formula is C25H30N2O5. The molecule has 2 aromatic rings. The van der Waals surface area contributed by atoms with Gasteiger partial charge < -0.3 is 20.1 Å². The maximum absolute atomic E-state index is 12.5. The van der Waals surface area contributed by atoms with Crippen LogP contribution in [-0.4, -0.2) is 53.7 Å². The number of ether oxygens (including phenoxy) is 1. The van der Waals surface area contributed by atoms with Gasteiger partial charge in [-0.3, -0.25) is 4.79 Å². The van der Waals surface area contributed by atoms with Crippen LogP contribution in [0, 0.1) is 0 Å². The largest absolute Gasteiger partial charge is 0.480 e. The lowest BCUT2D eigenvalue weighted by molar-refractivity contribution is -0.149. The lowest BCUT2D eigenvalue weighted by atomic mass is 9.98. The van der Waals surface area contributed by atoms with Crippen molar-refractivity contribution < 1.29 is 24.2 Å². The number of alkyl carbamates (subject to hydrolysis) is 1. The number of nitrogens with one attached hydrogen (secondary N) is 1. The number of amides is 2. The normalized spacial score (nSPS) is 14.1. The number of nitrogens with zero attached hydrogens (tertiary/aromatic N) is 1. The van der Waals surface area contributed by atoms with Crippen LogP contribution in [0.3, 0.4) is 0 Å². The SMILES string of the molecule is CCC(C(=O)O)N(C)C(=O)C[C@H](CC)NC(=O)OCC1c2ccccc2-c2ccccc21. The second-order valence-corrected chi connectivity index (χ2v) is 8.05. The lowest BCUT2D eigenvalue weighted by Gasteiger charge is -2.26. The first-order valence-corrected chi connectivity index (χ1v) is 11.0. The monoisotopic (exact) mass is 438 g/mol. The Balaban J connectivity index is 1.59. The average Bonchev–Trinajstić information content (AvgIpc) is 3.11. The second kappa shape index (κ2) is 10.3. The number of fused-ring (bicyclic) bond motifs is 3. The second-order valence-electron chi connectivity index (χ2n) is 8.05. The van der Waals surface area contributed by atoms with Crippen LogP contribution >= 0.6 is 0 Å². The average molecular weight is 439 g/mol. The quantitative estimate of drug-likeness (QED) is 0.617. The zero-order valence-electron chi connectivity index (χ0n) is 18.7. The summed E-state index contributed by atoms with van der Waals surface area (Å²) in [6, 6.07) is 14.9. The van der Waals surface area contributed by atoms with Crippen molar-refractivity contribution in [1.82, 2.24) is 10.2 Å². The number of carboxylic acids is 1. The fourth-order valence-corrected chi connectivity index (χ4v) is 4.25. The summed E-state index contributed by atoms with van der Waals surface area (Å²) in [5.74, 6) is -1.41. The minimum Gasteiger partial charge on any atom is -0.480 e. The Morgan fingerprint density at radius 1 is 1.00 bits per heavy atom. The molecule has 3 rings (SSSR count). The molecule has 0 fully saturated rings. The molecule has 0 aromatic heterocycles. The molecule has 2 amide bonds. The number of likely N-dealkylation sites (N-methyl/N-ethyl adjacent to an activating group) is 1. The van der Waals surface area contributed by atoms with E-state index in [9.17, 15) is 19.5 Å². The fraction of sp³-hybridized carbons (Fsp3) is 0.400. The standard InChI is InChI=1S/C25H30N2O5/c1-4-16(14-23(28)27(3)22(5-2)24(29)30)26-25(31)32-15-21-19-12-8-6-10-17(19)18-11-7-9-13-20(18)21/h6-13,16,21-22H,4-5,14-15H2,1-3H3,(H,26,31)(H,29,30)/t16-,22?/m0/s1. The van der Waals surface area contributed by atoms with Crippen molar-refractivity contribution in [3.8, 4) is 11.1 Å². The molecule has 1 aliphatic rings. The zero-order valence-corrected chi connectivity index (χ0v) is 18.7. The van der Waals surface area contributed by atoms with Crippen molar-refractivity contribution in [1.29, 1.82) is 0 Å². The van der Waals surface area contributed by atoms with E-state index >= 15 is 0 Å². The summed E-state index contributed by atoms with van der Waals surface area (Å²) >= 11 is 0. The van der Waals surface area contributed by atoms with Gasteiger partial charge in [-0.25, -0.2) is 9.59 Å². The predicted molar refractivity (Wildman–Crippen MR) is 121 cm³/mol. The van der Waals surface area contributed by atoms with Crippen LogP contribution in [0.5, 0.6) is 0 Å². The Hall–Kier alpha value is -3.35. The molecule has 2 N–H and O–H groups in total. The van der Waals surface area contributed by atoms with Crippen LogP contribution in [0.25, 0.3) is 11.1 Å². The molecule has 0 heterocycles. The van der Waals surface area contributed by atoms with Gasteiger partial charge in [0, 0.05) is 25.4 Å². The minimum atomic E-state index is -1.04. The fourth-order valence-electron chi connectivity index (χ4n) is 4.25. The zero-order chi connectivity index (χ0) is 23.3. The van der Waals surface area contributed by atoms with Gasteiger partial charge in [0.1, 0.15) is 12.6 Å². The van der Waals surface area contributed by atoms with E-state index in [0.717, 1.165) is 22.3 Å². The predicted octanol–water partition coefficient (Wildman–Crippen LogP) is 4.02. The number of aliphatic carboxylic acids is 1. The maximum Gasteiger partial charge on any atom is 0.407 e. The molecule has 0 spiro atoms. The summed E-state index contributed by atoms with van der Waals surface area (Å²) in [6.45, 7) is 3.77. The topological polar surface area (TPSA) is 95.9 Å². The van der Waals surface area contributed by atoms with E-state index < -0.39 is 24.1 Å². The van der Waals surface area contributed by atoms with Gasteiger partial charge in [-0.05, 0) is 35.1 Å². The molecule has 2 aromatic carbocycles. The van der Waals surface area contributed by atoms with E-state index in [1.807, 2.05) is 31.2 Å². The van der Waals surface area contributed by atoms with E-state index in [-0.39, 0.29) is 24.9 Å². The molecule has 170 valence electrons. The smallest absolute Gasteiger partial charge is 0.407 e. The first-order chi connectivity index (χ1) is 15.4. The minimum absolute atomic E-state index is 0.0149. The molecular weight excluding hydrogens is 408 g/mol. The van der Waals surface area contributed by atoms with Gasteiger partial charge in [0.2, 0.25) is 5.91 Å². The van der Waals surface area contributed by atoms with Crippen molar-refractivity contribution in [2.24, 2.45) is 0 Å².